The third-order valence-corrected chi connectivity index (χ3v) is 3.29. The van der Waals surface area contributed by atoms with Crippen LogP contribution in [0.1, 0.15) is 5.56 Å². The maximum Gasteiger partial charge on any atom is 0.175 e. The number of benzene rings is 1. The van der Waals surface area contributed by atoms with Crippen molar-refractivity contribution in [2.75, 3.05) is 0 Å². The third-order valence-electron chi connectivity index (χ3n) is 2.28. The molecule has 2 heterocycles. The van der Waals surface area contributed by atoms with Crippen LogP contribution in [0.3, 0.4) is 0 Å². The molecule has 1 aliphatic rings. The van der Waals surface area contributed by atoms with E-state index >= 15 is 0 Å². The number of fused-ring (bicyclic) bond motifs is 1. The van der Waals surface area contributed by atoms with Crippen molar-refractivity contribution in [2.45, 2.75) is 5.75 Å². The second-order valence-electron chi connectivity index (χ2n) is 3.37. The van der Waals surface area contributed by atoms with E-state index in [9.17, 15) is 5.11 Å². The zero-order valence-corrected chi connectivity index (χ0v) is 9.05. The maximum absolute atomic E-state index is 9.36. The quantitative estimate of drug-likeness (QED) is 0.751. The van der Waals surface area contributed by atoms with E-state index in [2.05, 4.69) is 15.2 Å². The van der Waals surface area contributed by atoms with Crippen LogP contribution in [-0.2, 0) is 5.75 Å². The van der Waals surface area contributed by atoms with Crippen LogP contribution in [0.25, 0.3) is 0 Å². The minimum Gasteiger partial charge on any atom is -0.508 e. The molecule has 1 N–H and O–H groups in total. The van der Waals surface area contributed by atoms with Crippen LogP contribution in [0.2, 0.25) is 0 Å². The number of hydrogen-bond donors (Lipinski definition) is 1. The number of phenolic OH excluding ortho intramolecular Hbond substituents is 1. The average molecular weight is 232 g/mol. The number of thioether (sulfide) groups is 1. The monoisotopic (exact) mass is 232 g/mol. The number of aromatic hydroxyl groups is 1. The minimum atomic E-state index is 0.280. The van der Waals surface area contributed by atoms with Crippen molar-refractivity contribution in [2.24, 2.45) is 4.99 Å². The van der Waals surface area contributed by atoms with Gasteiger partial charge in [-0.15, -0.1) is 10.2 Å². The van der Waals surface area contributed by atoms with Gasteiger partial charge in [-0.25, -0.2) is 4.99 Å². The van der Waals surface area contributed by atoms with Gasteiger partial charge in [-0.3, -0.25) is 4.57 Å². The predicted octanol–water partition coefficient (Wildman–Crippen LogP) is 1.77. The fraction of sp³-hybridized carbons (Fsp3) is 0.100. The Morgan fingerprint density at radius 1 is 1.25 bits per heavy atom. The van der Waals surface area contributed by atoms with Gasteiger partial charge in [0, 0.05) is 5.75 Å². The normalized spacial score (nSPS) is 14.4. The van der Waals surface area contributed by atoms with E-state index in [1.165, 1.54) is 0 Å². The number of phenols is 1. The van der Waals surface area contributed by atoms with Crippen molar-refractivity contribution in [1.82, 2.24) is 14.8 Å². The summed E-state index contributed by atoms with van der Waals surface area (Å²) in [4.78, 5) is 4.48. The standard InChI is InChI=1S/C10H8N4OS/c15-8-1-2-9-7(3-8)4-16-10(13-9)14-5-11-12-6-14/h1-3,5-6,15H,4H2. The molecule has 0 fully saturated rings. The molecule has 0 aliphatic carbocycles. The zero-order chi connectivity index (χ0) is 11.0. The first-order chi connectivity index (χ1) is 7.83. The first-order valence-corrected chi connectivity index (χ1v) is 5.70. The van der Waals surface area contributed by atoms with Gasteiger partial charge in [-0.1, -0.05) is 11.8 Å². The zero-order valence-electron chi connectivity index (χ0n) is 8.24. The summed E-state index contributed by atoms with van der Waals surface area (Å²) < 4.78 is 1.78. The Morgan fingerprint density at radius 3 is 2.88 bits per heavy atom. The highest BCUT2D eigenvalue weighted by molar-refractivity contribution is 8.13. The van der Waals surface area contributed by atoms with Crippen LogP contribution >= 0.6 is 11.8 Å². The largest absolute Gasteiger partial charge is 0.508 e. The minimum absolute atomic E-state index is 0.280. The highest BCUT2D eigenvalue weighted by atomic mass is 32.2. The summed E-state index contributed by atoms with van der Waals surface area (Å²) in [6, 6.07) is 5.20. The summed E-state index contributed by atoms with van der Waals surface area (Å²) >= 11 is 1.59. The summed E-state index contributed by atoms with van der Waals surface area (Å²) in [7, 11) is 0. The number of nitrogens with zero attached hydrogens (tertiary/aromatic N) is 4. The molecule has 5 nitrogen and oxygen atoms in total. The summed E-state index contributed by atoms with van der Waals surface area (Å²) in [5.74, 6) is 1.07. The lowest BCUT2D eigenvalue weighted by Crippen LogP contribution is -2.08. The van der Waals surface area contributed by atoms with Crippen molar-refractivity contribution >= 4 is 22.6 Å². The van der Waals surface area contributed by atoms with Crippen molar-refractivity contribution in [1.29, 1.82) is 0 Å². The summed E-state index contributed by atoms with van der Waals surface area (Å²) in [5.41, 5.74) is 1.93. The lowest BCUT2D eigenvalue weighted by Gasteiger charge is -2.14. The third kappa shape index (κ3) is 1.57. The van der Waals surface area contributed by atoms with Crippen LogP contribution in [0, 0.1) is 0 Å². The molecule has 0 radical (unpaired) electrons. The summed E-state index contributed by atoms with van der Waals surface area (Å²) in [6.45, 7) is 0. The topological polar surface area (TPSA) is 63.3 Å². The van der Waals surface area contributed by atoms with Crippen molar-refractivity contribution < 1.29 is 5.11 Å². The van der Waals surface area contributed by atoms with Gasteiger partial charge >= 0.3 is 0 Å². The van der Waals surface area contributed by atoms with Crippen molar-refractivity contribution in [3.8, 4) is 5.75 Å². The predicted molar refractivity (Wildman–Crippen MR) is 61.9 cm³/mol. The average Bonchev–Trinajstić information content (AvgIpc) is 2.82. The molecule has 0 bridgehead atoms. The number of aromatic nitrogens is 3. The Bertz CT molecular complexity index is 550. The Morgan fingerprint density at radius 2 is 2.06 bits per heavy atom. The van der Waals surface area contributed by atoms with Gasteiger partial charge in [0.25, 0.3) is 0 Å². The van der Waals surface area contributed by atoms with Crippen LogP contribution < -0.4 is 0 Å². The lowest BCUT2D eigenvalue weighted by molar-refractivity contribution is 0.475. The molecule has 0 saturated heterocycles. The van der Waals surface area contributed by atoms with Crippen LogP contribution in [0.15, 0.2) is 35.8 Å². The van der Waals surface area contributed by atoms with E-state index in [-0.39, 0.29) is 5.75 Å². The molecule has 0 unspecified atom stereocenters. The van der Waals surface area contributed by atoms with E-state index in [0.29, 0.717) is 0 Å². The molecular formula is C10H8N4OS. The highest BCUT2D eigenvalue weighted by Gasteiger charge is 2.14. The van der Waals surface area contributed by atoms with Crippen molar-refractivity contribution in [3.63, 3.8) is 0 Å². The molecule has 0 saturated carbocycles. The van der Waals surface area contributed by atoms with E-state index in [4.69, 9.17) is 0 Å². The van der Waals surface area contributed by atoms with E-state index in [1.807, 2.05) is 6.07 Å². The van der Waals surface area contributed by atoms with Crippen LogP contribution in [0.5, 0.6) is 5.75 Å². The van der Waals surface area contributed by atoms with Crippen LogP contribution in [-0.4, -0.2) is 25.0 Å². The smallest absolute Gasteiger partial charge is 0.175 e. The fourth-order valence-electron chi connectivity index (χ4n) is 1.51. The molecule has 1 aromatic carbocycles. The van der Waals surface area contributed by atoms with Crippen LogP contribution in [0.4, 0.5) is 5.69 Å². The molecule has 0 spiro atoms. The van der Waals surface area contributed by atoms with Gasteiger partial charge in [0.1, 0.15) is 18.4 Å². The maximum atomic E-state index is 9.36. The molecule has 80 valence electrons. The molecule has 1 aliphatic heterocycles. The van der Waals surface area contributed by atoms with E-state index < -0.39 is 0 Å². The first kappa shape index (κ1) is 9.41. The van der Waals surface area contributed by atoms with E-state index in [1.54, 1.807) is 41.1 Å². The lowest BCUT2D eigenvalue weighted by atomic mass is 10.2. The van der Waals surface area contributed by atoms with Gasteiger partial charge in [-0.2, -0.15) is 0 Å². The second-order valence-corrected chi connectivity index (χ2v) is 4.31. The summed E-state index contributed by atoms with van der Waals surface area (Å²) in [6.07, 6.45) is 3.24. The van der Waals surface area contributed by atoms with Gasteiger partial charge in [0.15, 0.2) is 5.17 Å². The summed E-state index contributed by atoms with van der Waals surface area (Å²) in [5, 5.41) is 17.7. The molecule has 3 rings (SSSR count). The first-order valence-electron chi connectivity index (χ1n) is 4.71. The van der Waals surface area contributed by atoms with Gasteiger partial charge in [-0.05, 0) is 23.8 Å². The molecule has 0 amide bonds. The molecule has 1 aromatic heterocycles. The molecule has 0 atom stereocenters. The Labute approximate surface area is 95.9 Å². The molecule has 16 heavy (non-hydrogen) atoms. The Hall–Kier alpha value is -1.82. The number of hydrogen-bond acceptors (Lipinski definition) is 5. The van der Waals surface area contributed by atoms with Gasteiger partial charge < -0.3 is 5.11 Å². The number of rotatable bonds is 0. The molecule has 6 heteroatoms. The van der Waals surface area contributed by atoms with Gasteiger partial charge in [0.2, 0.25) is 0 Å². The van der Waals surface area contributed by atoms with Crippen molar-refractivity contribution in [3.05, 3.63) is 36.4 Å². The second kappa shape index (κ2) is 3.64. The molecular weight excluding hydrogens is 224 g/mol. The fourth-order valence-corrected chi connectivity index (χ4v) is 2.43. The SMILES string of the molecule is Oc1ccc2c(c1)CSC(n1cnnc1)=N2. The van der Waals surface area contributed by atoms with E-state index in [0.717, 1.165) is 22.2 Å². The Kier molecular flexibility index (Phi) is 2.14. The Balaban J connectivity index is 2.05. The highest BCUT2D eigenvalue weighted by Crippen LogP contribution is 2.33. The number of aliphatic imine (C=N–C) groups is 1. The molecule has 2 aromatic rings. The van der Waals surface area contributed by atoms with Gasteiger partial charge in [0.05, 0.1) is 5.69 Å².